The molecule has 1 aliphatic rings. The number of nitrogens with zero attached hydrogens (tertiary/aromatic N) is 2. The van der Waals surface area contributed by atoms with Crippen LogP contribution in [0.5, 0.6) is 0 Å². The van der Waals surface area contributed by atoms with E-state index in [9.17, 15) is 9.90 Å². The highest BCUT2D eigenvalue weighted by atomic mass is 35.5. The van der Waals surface area contributed by atoms with Crippen molar-refractivity contribution in [1.82, 2.24) is 4.98 Å². The van der Waals surface area contributed by atoms with Gasteiger partial charge >= 0.3 is 5.97 Å². The lowest BCUT2D eigenvalue weighted by Gasteiger charge is -2.36. The van der Waals surface area contributed by atoms with Gasteiger partial charge in [0.25, 0.3) is 0 Å². The van der Waals surface area contributed by atoms with E-state index in [-0.39, 0.29) is 5.92 Å². The van der Waals surface area contributed by atoms with Crippen molar-refractivity contribution in [2.45, 2.75) is 13.3 Å². The number of hydrogen-bond acceptors (Lipinski definition) is 3. The lowest BCUT2D eigenvalue weighted by atomic mass is 9.90. The number of aliphatic carboxylic acids is 1. The van der Waals surface area contributed by atoms with E-state index in [1.807, 2.05) is 24.3 Å². The fourth-order valence-electron chi connectivity index (χ4n) is 3.11. The maximum absolute atomic E-state index is 11.3. The number of pyridine rings is 1. The molecule has 21 heavy (non-hydrogen) atoms. The van der Waals surface area contributed by atoms with E-state index in [0.29, 0.717) is 17.5 Å². The molecule has 2 unspecified atom stereocenters. The highest BCUT2D eigenvalue weighted by Crippen LogP contribution is 2.32. The third kappa shape index (κ3) is 2.81. The Balaban J connectivity index is 2.01. The third-order valence-corrected chi connectivity index (χ3v) is 4.27. The van der Waals surface area contributed by atoms with Crippen LogP contribution in [0.4, 0.5) is 5.69 Å². The van der Waals surface area contributed by atoms with Gasteiger partial charge in [0.05, 0.1) is 11.4 Å². The first kappa shape index (κ1) is 14.1. The van der Waals surface area contributed by atoms with E-state index in [0.717, 1.165) is 29.6 Å². The minimum absolute atomic E-state index is 0.315. The SMILES string of the molecule is CC1CC(C(=O)O)CN(c2ccnc3cc(Cl)ccc23)C1. The molecule has 0 saturated carbocycles. The highest BCUT2D eigenvalue weighted by Gasteiger charge is 2.30. The Bertz CT molecular complexity index is 689. The predicted octanol–water partition coefficient (Wildman–Crippen LogP) is 3.44. The van der Waals surface area contributed by atoms with Crippen LogP contribution in [0.25, 0.3) is 10.9 Å². The average Bonchev–Trinajstić information content (AvgIpc) is 2.45. The summed E-state index contributed by atoms with van der Waals surface area (Å²) >= 11 is 6.01. The molecule has 5 heteroatoms. The zero-order chi connectivity index (χ0) is 15.0. The molecule has 1 N–H and O–H groups in total. The van der Waals surface area contributed by atoms with Crippen LogP contribution in [0, 0.1) is 11.8 Å². The largest absolute Gasteiger partial charge is 0.481 e. The Morgan fingerprint density at radius 2 is 2.19 bits per heavy atom. The molecule has 4 nitrogen and oxygen atoms in total. The van der Waals surface area contributed by atoms with Crippen molar-refractivity contribution in [3.63, 3.8) is 0 Å². The number of halogens is 1. The number of hydrogen-bond donors (Lipinski definition) is 1. The number of rotatable bonds is 2. The Labute approximate surface area is 128 Å². The molecule has 2 aromatic rings. The number of anilines is 1. The second-order valence-electron chi connectivity index (χ2n) is 5.77. The molecule has 0 amide bonds. The van der Waals surface area contributed by atoms with Gasteiger partial charge in [-0.1, -0.05) is 18.5 Å². The minimum atomic E-state index is -0.715. The summed E-state index contributed by atoms with van der Waals surface area (Å²) in [6.07, 6.45) is 2.49. The first-order valence-corrected chi connectivity index (χ1v) is 7.44. The van der Waals surface area contributed by atoms with Gasteiger partial charge < -0.3 is 10.0 Å². The Morgan fingerprint density at radius 3 is 2.95 bits per heavy atom. The maximum Gasteiger partial charge on any atom is 0.308 e. The van der Waals surface area contributed by atoms with Crippen molar-refractivity contribution in [3.05, 3.63) is 35.5 Å². The van der Waals surface area contributed by atoms with Gasteiger partial charge in [-0.25, -0.2) is 0 Å². The molecule has 2 atom stereocenters. The van der Waals surface area contributed by atoms with Gasteiger partial charge in [0.1, 0.15) is 0 Å². The van der Waals surface area contributed by atoms with Crippen LogP contribution >= 0.6 is 11.6 Å². The van der Waals surface area contributed by atoms with Crippen LogP contribution in [0.2, 0.25) is 5.02 Å². The van der Waals surface area contributed by atoms with Crippen LogP contribution < -0.4 is 4.90 Å². The minimum Gasteiger partial charge on any atom is -0.481 e. The standard InChI is InChI=1S/C16H17ClN2O2/c1-10-6-11(16(20)21)9-19(8-10)15-4-5-18-14-7-12(17)2-3-13(14)15/h2-5,7,10-11H,6,8-9H2,1H3,(H,20,21). The van der Waals surface area contributed by atoms with Crippen LogP contribution in [-0.2, 0) is 4.79 Å². The van der Waals surface area contributed by atoms with Crippen molar-refractivity contribution in [1.29, 1.82) is 0 Å². The molecule has 1 aliphatic heterocycles. The molecule has 1 saturated heterocycles. The van der Waals surface area contributed by atoms with E-state index in [4.69, 9.17) is 11.6 Å². The number of aromatic nitrogens is 1. The molecule has 0 aliphatic carbocycles. The summed E-state index contributed by atoms with van der Waals surface area (Å²) in [5, 5.41) is 11.0. The molecule has 0 spiro atoms. The van der Waals surface area contributed by atoms with Gasteiger partial charge in [0.15, 0.2) is 0 Å². The summed E-state index contributed by atoms with van der Waals surface area (Å²) in [5.74, 6) is -0.674. The van der Waals surface area contributed by atoms with E-state index >= 15 is 0 Å². The highest BCUT2D eigenvalue weighted by molar-refractivity contribution is 6.31. The normalized spacial score (nSPS) is 22.5. The summed E-state index contributed by atoms with van der Waals surface area (Å²) in [6.45, 7) is 3.51. The lowest BCUT2D eigenvalue weighted by molar-refractivity contribution is -0.142. The van der Waals surface area contributed by atoms with Crippen LogP contribution in [-0.4, -0.2) is 29.1 Å². The van der Waals surface area contributed by atoms with E-state index in [1.54, 1.807) is 6.20 Å². The summed E-state index contributed by atoms with van der Waals surface area (Å²) in [5.41, 5.74) is 1.87. The van der Waals surface area contributed by atoms with E-state index in [1.165, 1.54) is 0 Å². The summed E-state index contributed by atoms with van der Waals surface area (Å²) in [4.78, 5) is 17.8. The molecular weight excluding hydrogens is 288 g/mol. The van der Waals surface area contributed by atoms with Gasteiger partial charge in [-0.15, -0.1) is 0 Å². The van der Waals surface area contributed by atoms with Crippen molar-refractivity contribution in [2.75, 3.05) is 18.0 Å². The van der Waals surface area contributed by atoms with E-state index < -0.39 is 5.97 Å². The molecular formula is C16H17ClN2O2. The molecule has 1 aromatic carbocycles. The third-order valence-electron chi connectivity index (χ3n) is 4.03. The van der Waals surface area contributed by atoms with Crippen LogP contribution in [0.3, 0.4) is 0 Å². The summed E-state index contributed by atoms with van der Waals surface area (Å²) in [6, 6.07) is 7.59. The first-order chi connectivity index (χ1) is 10.0. The number of carboxylic acid groups (broad SMARTS) is 1. The Hall–Kier alpha value is -1.81. The Morgan fingerprint density at radius 1 is 1.38 bits per heavy atom. The monoisotopic (exact) mass is 304 g/mol. The number of carbonyl (C=O) groups is 1. The van der Waals surface area contributed by atoms with Crippen LogP contribution in [0.1, 0.15) is 13.3 Å². The van der Waals surface area contributed by atoms with Gasteiger partial charge in [0.2, 0.25) is 0 Å². The maximum atomic E-state index is 11.3. The number of carboxylic acids is 1. The zero-order valence-electron chi connectivity index (χ0n) is 11.8. The molecule has 1 aromatic heterocycles. The summed E-state index contributed by atoms with van der Waals surface area (Å²) in [7, 11) is 0. The second-order valence-corrected chi connectivity index (χ2v) is 6.21. The quantitative estimate of drug-likeness (QED) is 0.923. The topological polar surface area (TPSA) is 53.4 Å². The second kappa shape index (κ2) is 5.53. The van der Waals surface area contributed by atoms with Crippen molar-refractivity contribution >= 4 is 34.2 Å². The predicted molar refractivity (Wildman–Crippen MR) is 83.9 cm³/mol. The van der Waals surface area contributed by atoms with Crippen molar-refractivity contribution < 1.29 is 9.90 Å². The van der Waals surface area contributed by atoms with Gasteiger partial charge in [-0.3, -0.25) is 9.78 Å². The smallest absolute Gasteiger partial charge is 0.308 e. The van der Waals surface area contributed by atoms with Crippen LogP contribution in [0.15, 0.2) is 30.5 Å². The summed E-state index contributed by atoms with van der Waals surface area (Å²) < 4.78 is 0. The lowest BCUT2D eigenvalue weighted by Crippen LogP contribution is -2.42. The molecule has 0 bridgehead atoms. The zero-order valence-corrected chi connectivity index (χ0v) is 12.5. The molecule has 2 heterocycles. The van der Waals surface area contributed by atoms with Gasteiger partial charge in [0, 0.05) is 35.4 Å². The fourth-order valence-corrected chi connectivity index (χ4v) is 3.28. The van der Waals surface area contributed by atoms with Gasteiger partial charge in [-0.2, -0.15) is 0 Å². The van der Waals surface area contributed by atoms with Gasteiger partial charge in [-0.05, 0) is 36.6 Å². The first-order valence-electron chi connectivity index (χ1n) is 7.06. The fraction of sp³-hybridized carbons (Fsp3) is 0.375. The molecule has 110 valence electrons. The average molecular weight is 305 g/mol. The molecule has 3 rings (SSSR count). The Kier molecular flexibility index (Phi) is 3.72. The molecule has 0 radical (unpaired) electrons. The number of fused-ring (bicyclic) bond motifs is 1. The van der Waals surface area contributed by atoms with Crippen molar-refractivity contribution in [2.24, 2.45) is 11.8 Å². The number of benzene rings is 1. The van der Waals surface area contributed by atoms with E-state index in [2.05, 4.69) is 16.8 Å². The number of piperidine rings is 1. The molecule has 1 fully saturated rings. The van der Waals surface area contributed by atoms with Crippen molar-refractivity contribution in [3.8, 4) is 0 Å².